The molecule has 1 aromatic heterocycles. The molecule has 17 heavy (non-hydrogen) atoms. The Morgan fingerprint density at radius 2 is 2.35 bits per heavy atom. The van der Waals surface area contributed by atoms with Crippen LogP contribution in [0.1, 0.15) is 49.6 Å². The Morgan fingerprint density at radius 1 is 1.41 bits per heavy atom. The second-order valence-corrected chi connectivity index (χ2v) is 5.70. The van der Waals surface area contributed by atoms with Gasteiger partial charge in [0.1, 0.15) is 0 Å². The number of hydrogen-bond acceptors (Lipinski definition) is 5. The summed E-state index contributed by atoms with van der Waals surface area (Å²) >= 11 is 1.94. The zero-order valence-electron chi connectivity index (χ0n) is 10.4. The lowest BCUT2D eigenvalue weighted by molar-refractivity contribution is 0.437. The van der Waals surface area contributed by atoms with Gasteiger partial charge in [0.05, 0.1) is 5.25 Å². The van der Waals surface area contributed by atoms with Crippen LogP contribution < -0.4 is 5.32 Å². The minimum atomic E-state index is 0.453. The van der Waals surface area contributed by atoms with Crippen molar-refractivity contribution in [2.75, 3.05) is 18.8 Å². The normalized spacial score (nSPS) is 19.9. The third-order valence-electron chi connectivity index (χ3n) is 2.86. The first-order chi connectivity index (χ1) is 8.40. The largest absolute Gasteiger partial charge is 0.424 e. The monoisotopic (exact) mass is 255 g/mol. The van der Waals surface area contributed by atoms with Crippen LogP contribution in [-0.4, -0.2) is 29.0 Å². The van der Waals surface area contributed by atoms with Gasteiger partial charge < -0.3 is 9.73 Å². The average Bonchev–Trinajstić information content (AvgIpc) is 2.99. The smallest absolute Gasteiger partial charge is 0.229 e. The van der Waals surface area contributed by atoms with Crippen molar-refractivity contribution in [3.63, 3.8) is 0 Å². The Balaban J connectivity index is 1.70. The molecule has 1 atom stereocenters. The van der Waals surface area contributed by atoms with E-state index < -0.39 is 0 Å². The second-order valence-electron chi connectivity index (χ2n) is 4.39. The van der Waals surface area contributed by atoms with E-state index in [2.05, 4.69) is 22.4 Å². The third kappa shape index (κ3) is 4.00. The molecule has 0 radical (unpaired) electrons. The summed E-state index contributed by atoms with van der Waals surface area (Å²) in [6.07, 6.45) is 5.60. The lowest BCUT2D eigenvalue weighted by Gasteiger charge is -2.01. The van der Waals surface area contributed by atoms with Gasteiger partial charge >= 0.3 is 0 Å². The van der Waals surface area contributed by atoms with Crippen molar-refractivity contribution in [2.24, 2.45) is 0 Å². The van der Waals surface area contributed by atoms with Gasteiger partial charge in [0.25, 0.3) is 0 Å². The molecule has 0 amide bonds. The number of aryl methyl sites for hydroxylation is 1. The molecule has 4 nitrogen and oxygen atoms in total. The Bertz CT molecular complexity index is 323. The fourth-order valence-corrected chi connectivity index (χ4v) is 3.13. The molecule has 2 heterocycles. The van der Waals surface area contributed by atoms with Crippen molar-refractivity contribution in [2.45, 2.75) is 44.3 Å². The van der Waals surface area contributed by atoms with Crippen LogP contribution in [0.2, 0.25) is 0 Å². The van der Waals surface area contributed by atoms with Crippen molar-refractivity contribution in [1.29, 1.82) is 0 Å². The first-order valence-electron chi connectivity index (χ1n) is 6.54. The van der Waals surface area contributed by atoms with Crippen LogP contribution >= 0.6 is 11.8 Å². The highest BCUT2D eigenvalue weighted by Crippen LogP contribution is 2.38. The van der Waals surface area contributed by atoms with Crippen molar-refractivity contribution in [3.8, 4) is 0 Å². The Morgan fingerprint density at radius 3 is 3.12 bits per heavy atom. The van der Waals surface area contributed by atoms with Crippen molar-refractivity contribution in [1.82, 2.24) is 15.5 Å². The van der Waals surface area contributed by atoms with E-state index in [1.165, 1.54) is 25.0 Å². The van der Waals surface area contributed by atoms with Gasteiger partial charge in [0.15, 0.2) is 0 Å². The molecular formula is C12H21N3OS. The lowest BCUT2D eigenvalue weighted by Crippen LogP contribution is -2.16. The molecule has 1 fully saturated rings. The third-order valence-corrected chi connectivity index (χ3v) is 4.22. The standard InChI is InChI=1S/C12H21N3OS/c1-2-7-13-8-3-6-11-14-15-12(16-11)10-5-4-9-17-10/h10,13H,2-9H2,1H3. The number of hydrogen-bond donors (Lipinski definition) is 1. The molecular weight excluding hydrogens is 234 g/mol. The van der Waals surface area contributed by atoms with Gasteiger partial charge in [-0.05, 0) is 44.5 Å². The topological polar surface area (TPSA) is 51.0 Å². The van der Waals surface area contributed by atoms with E-state index in [9.17, 15) is 0 Å². The van der Waals surface area contributed by atoms with Crippen LogP contribution in [0.4, 0.5) is 0 Å². The van der Waals surface area contributed by atoms with E-state index >= 15 is 0 Å². The summed E-state index contributed by atoms with van der Waals surface area (Å²) in [5.41, 5.74) is 0. The van der Waals surface area contributed by atoms with Crippen molar-refractivity contribution < 1.29 is 4.42 Å². The van der Waals surface area contributed by atoms with E-state index in [-0.39, 0.29) is 0 Å². The van der Waals surface area contributed by atoms with Crippen LogP contribution in [0.5, 0.6) is 0 Å². The van der Waals surface area contributed by atoms with Gasteiger partial charge in [-0.15, -0.1) is 22.0 Å². The van der Waals surface area contributed by atoms with Gasteiger partial charge in [-0.2, -0.15) is 0 Å². The van der Waals surface area contributed by atoms with Gasteiger partial charge in [-0.1, -0.05) is 6.92 Å². The molecule has 5 heteroatoms. The number of thioether (sulfide) groups is 1. The van der Waals surface area contributed by atoms with Crippen molar-refractivity contribution >= 4 is 11.8 Å². The summed E-state index contributed by atoms with van der Waals surface area (Å²) < 4.78 is 5.70. The highest BCUT2D eigenvalue weighted by molar-refractivity contribution is 7.99. The summed E-state index contributed by atoms with van der Waals surface area (Å²) in [5, 5.41) is 12.1. The molecule has 1 unspecified atom stereocenters. The van der Waals surface area contributed by atoms with Gasteiger partial charge in [0.2, 0.25) is 11.8 Å². The van der Waals surface area contributed by atoms with Crippen LogP contribution in [-0.2, 0) is 6.42 Å². The highest BCUT2D eigenvalue weighted by atomic mass is 32.2. The maximum absolute atomic E-state index is 5.70. The summed E-state index contributed by atoms with van der Waals surface area (Å²) in [6.45, 7) is 4.30. The number of aromatic nitrogens is 2. The SMILES string of the molecule is CCCNCCCc1nnc(C2CCCS2)o1. The van der Waals surface area contributed by atoms with Gasteiger partial charge in [-0.3, -0.25) is 0 Å². The maximum Gasteiger partial charge on any atom is 0.229 e. The zero-order chi connectivity index (χ0) is 11.9. The fourth-order valence-electron chi connectivity index (χ4n) is 1.94. The Labute approximate surface area is 107 Å². The molecule has 1 aromatic rings. The first kappa shape index (κ1) is 12.9. The second kappa shape index (κ2) is 7.01. The first-order valence-corrected chi connectivity index (χ1v) is 7.59. The van der Waals surface area contributed by atoms with Gasteiger partial charge in [-0.25, -0.2) is 0 Å². The molecule has 96 valence electrons. The summed E-state index contributed by atoms with van der Waals surface area (Å²) in [5.74, 6) is 2.86. The van der Waals surface area contributed by atoms with Crippen LogP contribution in [0.25, 0.3) is 0 Å². The summed E-state index contributed by atoms with van der Waals surface area (Å²) in [6, 6.07) is 0. The van der Waals surface area contributed by atoms with Crippen LogP contribution in [0.15, 0.2) is 4.42 Å². The number of nitrogens with one attached hydrogen (secondary N) is 1. The minimum absolute atomic E-state index is 0.453. The highest BCUT2D eigenvalue weighted by Gasteiger charge is 2.23. The van der Waals surface area contributed by atoms with E-state index in [0.29, 0.717) is 5.25 Å². The number of rotatable bonds is 7. The Kier molecular flexibility index (Phi) is 5.32. The van der Waals surface area contributed by atoms with E-state index in [1.54, 1.807) is 0 Å². The number of nitrogens with zero attached hydrogens (tertiary/aromatic N) is 2. The van der Waals surface area contributed by atoms with E-state index in [0.717, 1.165) is 37.7 Å². The quantitative estimate of drug-likeness (QED) is 0.759. The molecule has 0 bridgehead atoms. The fraction of sp³-hybridized carbons (Fsp3) is 0.833. The molecule has 1 aliphatic heterocycles. The van der Waals surface area contributed by atoms with Gasteiger partial charge in [0, 0.05) is 6.42 Å². The predicted octanol–water partition coefficient (Wildman–Crippen LogP) is 2.57. The van der Waals surface area contributed by atoms with Crippen molar-refractivity contribution in [3.05, 3.63) is 11.8 Å². The molecule has 1 saturated heterocycles. The van der Waals surface area contributed by atoms with E-state index in [4.69, 9.17) is 4.42 Å². The molecule has 1 N–H and O–H groups in total. The van der Waals surface area contributed by atoms with E-state index in [1.807, 2.05) is 11.8 Å². The summed E-state index contributed by atoms with van der Waals surface area (Å²) in [7, 11) is 0. The molecule has 1 aliphatic rings. The molecule has 2 rings (SSSR count). The van der Waals surface area contributed by atoms with Crippen LogP contribution in [0, 0.1) is 0 Å². The average molecular weight is 255 g/mol. The minimum Gasteiger partial charge on any atom is -0.424 e. The zero-order valence-corrected chi connectivity index (χ0v) is 11.3. The van der Waals surface area contributed by atoms with Crippen LogP contribution in [0.3, 0.4) is 0 Å². The maximum atomic E-state index is 5.70. The molecule has 0 spiro atoms. The Hall–Kier alpha value is -0.550. The molecule has 0 saturated carbocycles. The molecule has 0 aliphatic carbocycles. The molecule has 0 aromatic carbocycles. The predicted molar refractivity (Wildman–Crippen MR) is 70.2 cm³/mol. The summed E-state index contributed by atoms with van der Waals surface area (Å²) in [4.78, 5) is 0. The lowest BCUT2D eigenvalue weighted by atomic mass is 10.2.